The van der Waals surface area contributed by atoms with Crippen LogP contribution in [0.3, 0.4) is 0 Å². The number of carbonyl (C=O) groups is 1. The molecule has 0 spiro atoms. The Labute approximate surface area is 199 Å². The second kappa shape index (κ2) is 25.5. The van der Waals surface area contributed by atoms with Crippen molar-refractivity contribution in [3.63, 3.8) is 0 Å². The van der Waals surface area contributed by atoms with Gasteiger partial charge in [-0.3, -0.25) is 0 Å². The molecule has 6 nitrogen and oxygen atoms in total. The Kier molecular flexibility index (Phi) is 25.4. The molecule has 0 aliphatic heterocycles. The van der Waals surface area contributed by atoms with Crippen molar-refractivity contribution in [2.75, 3.05) is 40.0 Å². The maximum Gasteiger partial charge on any atom is 0.329 e. The lowest BCUT2D eigenvalue weighted by molar-refractivity contribution is -0.118. The fraction of sp³-hybridized carbons (Fsp3) is 0.960. The predicted molar refractivity (Wildman–Crippen MR) is 135 cm³/mol. The Morgan fingerprint density at radius 3 is 1.94 bits per heavy atom. The number of unbranched alkanes of at least 4 members (excludes halogenated alkanes) is 12. The molecule has 7 heteroatoms. The van der Waals surface area contributed by atoms with E-state index in [0.717, 1.165) is 32.4 Å². The topological polar surface area (TPSA) is 77.0 Å². The lowest BCUT2D eigenvalue weighted by atomic mass is 10.1. The van der Waals surface area contributed by atoms with Crippen LogP contribution < -0.4 is 5.32 Å². The lowest BCUT2D eigenvalue weighted by Gasteiger charge is -2.18. The molecule has 0 radical (unpaired) electrons. The van der Waals surface area contributed by atoms with Crippen molar-refractivity contribution in [2.45, 2.75) is 110 Å². The van der Waals surface area contributed by atoms with Crippen LogP contribution in [0.25, 0.3) is 0 Å². The quantitative estimate of drug-likeness (QED) is 0.109. The van der Waals surface area contributed by atoms with Crippen LogP contribution in [0.4, 0.5) is 0 Å². The zero-order valence-corrected chi connectivity index (χ0v) is 22.1. The summed E-state index contributed by atoms with van der Waals surface area (Å²) in [6.07, 6.45) is 18.2. The van der Waals surface area contributed by atoms with Crippen LogP contribution in [0.5, 0.6) is 0 Å². The summed E-state index contributed by atoms with van der Waals surface area (Å²) < 4.78 is 16.5. The summed E-state index contributed by atoms with van der Waals surface area (Å²) in [6, 6.07) is 0. The Morgan fingerprint density at radius 2 is 1.38 bits per heavy atom. The van der Waals surface area contributed by atoms with Crippen LogP contribution in [-0.2, 0) is 18.6 Å². The van der Waals surface area contributed by atoms with E-state index in [4.69, 9.17) is 13.8 Å². The molecule has 0 heterocycles. The van der Waals surface area contributed by atoms with Crippen LogP contribution in [-0.4, -0.2) is 50.7 Å². The Morgan fingerprint density at radius 1 is 0.812 bits per heavy atom. The first-order valence-corrected chi connectivity index (χ1v) is 14.2. The smallest absolute Gasteiger partial charge is 0.329 e. The number of rotatable bonds is 26. The van der Waals surface area contributed by atoms with Gasteiger partial charge < -0.3 is 28.8 Å². The SMILES string of the molecule is CCCCCCCCCCCCCCOCC(COP(O)OCCCCNC)CC(C)=O. The molecule has 0 amide bonds. The van der Waals surface area contributed by atoms with E-state index in [-0.39, 0.29) is 18.3 Å². The minimum atomic E-state index is -1.88. The second-order valence-electron chi connectivity index (χ2n) is 8.91. The van der Waals surface area contributed by atoms with Gasteiger partial charge in [-0.05, 0) is 39.8 Å². The molecule has 0 saturated heterocycles. The van der Waals surface area contributed by atoms with Gasteiger partial charge in [0.25, 0.3) is 0 Å². The molecule has 0 aromatic rings. The van der Waals surface area contributed by atoms with Crippen LogP contribution in [0.1, 0.15) is 110 Å². The summed E-state index contributed by atoms with van der Waals surface area (Å²) in [4.78, 5) is 21.4. The predicted octanol–water partition coefficient (Wildman–Crippen LogP) is 6.55. The molecule has 0 saturated carbocycles. The molecule has 2 unspecified atom stereocenters. The van der Waals surface area contributed by atoms with Gasteiger partial charge >= 0.3 is 8.60 Å². The number of hydrogen-bond donors (Lipinski definition) is 2. The Bertz CT molecular complexity index is 401. The molecule has 0 aromatic heterocycles. The van der Waals surface area contributed by atoms with Gasteiger partial charge in [0.2, 0.25) is 0 Å². The summed E-state index contributed by atoms with van der Waals surface area (Å²) in [5.41, 5.74) is 0. The third kappa shape index (κ3) is 24.5. The third-order valence-corrected chi connectivity index (χ3v) is 6.29. The Hall–Kier alpha value is -0.100. The maximum atomic E-state index is 11.5. The molecule has 0 fully saturated rings. The Balaban J connectivity index is 3.63. The molecule has 0 aliphatic rings. The van der Waals surface area contributed by atoms with Crippen molar-refractivity contribution in [3.05, 3.63) is 0 Å². The summed E-state index contributed by atoms with van der Waals surface area (Å²) in [5, 5.41) is 3.08. The number of Topliss-reactive ketones (excluding diaryl/α,β-unsaturated/α-hetero) is 1. The van der Waals surface area contributed by atoms with Gasteiger partial charge in [-0.2, -0.15) is 0 Å². The number of nitrogens with one attached hydrogen (secondary N) is 1. The molecule has 192 valence electrons. The molecule has 32 heavy (non-hydrogen) atoms. The molecule has 0 aliphatic carbocycles. The largest absolute Gasteiger partial charge is 0.381 e. The molecule has 0 rings (SSSR count). The van der Waals surface area contributed by atoms with E-state index in [1.54, 1.807) is 6.92 Å². The fourth-order valence-electron chi connectivity index (χ4n) is 3.62. The van der Waals surface area contributed by atoms with Gasteiger partial charge in [-0.15, -0.1) is 0 Å². The van der Waals surface area contributed by atoms with E-state index in [1.807, 2.05) is 7.05 Å². The van der Waals surface area contributed by atoms with Gasteiger partial charge in [0.15, 0.2) is 0 Å². The summed E-state index contributed by atoms with van der Waals surface area (Å²) >= 11 is 0. The minimum Gasteiger partial charge on any atom is -0.381 e. The van der Waals surface area contributed by atoms with Gasteiger partial charge in [0.1, 0.15) is 5.78 Å². The molecule has 0 aromatic carbocycles. The number of ketones is 1. The molecule has 2 atom stereocenters. The number of carbonyl (C=O) groups excluding carboxylic acids is 1. The third-order valence-electron chi connectivity index (χ3n) is 5.52. The molecular weight excluding hydrogens is 425 g/mol. The zero-order valence-electron chi connectivity index (χ0n) is 21.2. The van der Waals surface area contributed by atoms with E-state index in [9.17, 15) is 9.69 Å². The first kappa shape index (κ1) is 31.9. The van der Waals surface area contributed by atoms with Crippen molar-refractivity contribution in [2.24, 2.45) is 5.92 Å². The van der Waals surface area contributed by atoms with E-state index < -0.39 is 8.60 Å². The van der Waals surface area contributed by atoms with Gasteiger partial charge in [-0.1, -0.05) is 77.6 Å². The van der Waals surface area contributed by atoms with Crippen LogP contribution in [0, 0.1) is 5.92 Å². The van der Waals surface area contributed by atoms with Crippen LogP contribution in [0.2, 0.25) is 0 Å². The summed E-state index contributed by atoms with van der Waals surface area (Å²) in [7, 11) is 0.0309. The molecule has 0 bridgehead atoms. The minimum absolute atomic E-state index is 0.0325. The van der Waals surface area contributed by atoms with Gasteiger partial charge in [0, 0.05) is 18.9 Å². The van der Waals surface area contributed by atoms with Crippen LogP contribution >= 0.6 is 8.60 Å². The average molecular weight is 478 g/mol. The van der Waals surface area contributed by atoms with E-state index >= 15 is 0 Å². The highest BCUT2D eigenvalue weighted by molar-refractivity contribution is 7.40. The highest BCUT2D eigenvalue weighted by Crippen LogP contribution is 2.33. The van der Waals surface area contributed by atoms with Crippen molar-refractivity contribution >= 4 is 14.4 Å². The van der Waals surface area contributed by atoms with E-state index in [0.29, 0.717) is 19.6 Å². The monoisotopic (exact) mass is 477 g/mol. The molecular formula is C25H52NO5P. The van der Waals surface area contributed by atoms with Crippen molar-refractivity contribution in [3.8, 4) is 0 Å². The lowest BCUT2D eigenvalue weighted by Crippen LogP contribution is -2.19. The second-order valence-corrected chi connectivity index (χ2v) is 9.91. The van der Waals surface area contributed by atoms with E-state index in [1.165, 1.54) is 70.6 Å². The highest BCUT2D eigenvalue weighted by Gasteiger charge is 2.16. The van der Waals surface area contributed by atoms with Crippen LogP contribution in [0.15, 0.2) is 0 Å². The molecule has 2 N–H and O–H groups in total. The van der Waals surface area contributed by atoms with E-state index in [2.05, 4.69) is 12.2 Å². The number of hydrogen-bond acceptors (Lipinski definition) is 6. The van der Waals surface area contributed by atoms with Gasteiger partial charge in [-0.25, -0.2) is 0 Å². The number of ether oxygens (including phenoxy) is 1. The van der Waals surface area contributed by atoms with Crippen molar-refractivity contribution < 1.29 is 23.5 Å². The normalized spacial score (nSPS) is 13.4. The maximum absolute atomic E-state index is 11.5. The highest BCUT2D eigenvalue weighted by atomic mass is 31.2. The average Bonchev–Trinajstić information content (AvgIpc) is 2.77. The fourth-order valence-corrected chi connectivity index (χ4v) is 4.32. The first-order chi connectivity index (χ1) is 15.6. The summed E-state index contributed by atoms with van der Waals surface area (Å²) in [6.45, 7) is 6.77. The van der Waals surface area contributed by atoms with Crippen molar-refractivity contribution in [1.29, 1.82) is 0 Å². The van der Waals surface area contributed by atoms with Gasteiger partial charge in [0.05, 0.1) is 19.8 Å². The zero-order chi connectivity index (χ0) is 23.7. The summed E-state index contributed by atoms with van der Waals surface area (Å²) in [5.74, 6) is 0.0812. The standard InChI is InChI=1S/C25H52NO5P/c1-4-5-6-7-8-9-10-11-12-13-14-16-19-29-22-25(21-24(2)27)23-31-32(28)30-20-17-15-18-26-3/h25-26,28H,4-23H2,1-3H3. The van der Waals surface area contributed by atoms with Crippen molar-refractivity contribution in [1.82, 2.24) is 5.32 Å². The first-order valence-electron chi connectivity index (χ1n) is 13.1.